The van der Waals surface area contributed by atoms with Crippen molar-refractivity contribution in [2.24, 2.45) is 0 Å². The minimum absolute atomic E-state index is 0.132. The molecular weight excluding hydrogens is 304 g/mol. The fourth-order valence-corrected chi connectivity index (χ4v) is 2.44. The Hall–Kier alpha value is -3.02. The molecule has 0 saturated carbocycles. The average Bonchev–Trinajstić information content (AvgIpc) is 2.60. The van der Waals surface area contributed by atoms with Crippen LogP contribution in [0.1, 0.15) is 41.4 Å². The first-order valence-corrected chi connectivity index (χ1v) is 7.74. The predicted molar refractivity (Wildman–Crippen MR) is 91.9 cm³/mol. The standard InChI is InChI=1S/C18H18N4O2/c1-11(2)12-3-4-15-13(7-12)8-14(17(23)22-15)9-21-18(24)16-10-19-5-6-20-16/h3-8,10-11H,9H2,1-2H3,(H,21,24)(H,22,23). The molecule has 0 unspecified atom stereocenters. The van der Waals surface area contributed by atoms with Crippen LogP contribution in [0.3, 0.4) is 0 Å². The van der Waals surface area contributed by atoms with Crippen LogP contribution < -0.4 is 10.9 Å². The number of H-pyrrole nitrogens is 1. The van der Waals surface area contributed by atoms with E-state index >= 15 is 0 Å². The first-order chi connectivity index (χ1) is 11.5. The van der Waals surface area contributed by atoms with Gasteiger partial charge in [0.05, 0.1) is 6.20 Å². The van der Waals surface area contributed by atoms with E-state index in [1.807, 2.05) is 18.2 Å². The van der Waals surface area contributed by atoms with E-state index in [0.29, 0.717) is 11.5 Å². The molecule has 3 aromatic rings. The van der Waals surface area contributed by atoms with Gasteiger partial charge in [-0.2, -0.15) is 0 Å². The van der Waals surface area contributed by atoms with Gasteiger partial charge in [0, 0.05) is 30.0 Å². The van der Waals surface area contributed by atoms with E-state index in [-0.39, 0.29) is 23.7 Å². The molecular formula is C18H18N4O2. The van der Waals surface area contributed by atoms with Gasteiger partial charge >= 0.3 is 0 Å². The van der Waals surface area contributed by atoms with Gasteiger partial charge in [-0.15, -0.1) is 0 Å². The molecule has 0 radical (unpaired) electrons. The summed E-state index contributed by atoms with van der Waals surface area (Å²) in [5.74, 6) is 0.0414. The number of nitrogens with one attached hydrogen (secondary N) is 2. The fraction of sp³-hybridized carbons (Fsp3) is 0.222. The first kappa shape index (κ1) is 15.9. The molecule has 2 N–H and O–H groups in total. The van der Waals surface area contributed by atoms with E-state index < -0.39 is 0 Å². The summed E-state index contributed by atoms with van der Waals surface area (Å²) in [4.78, 5) is 34.8. The molecule has 0 aliphatic heterocycles. The maximum atomic E-state index is 12.2. The molecule has 3 rings (SSSR count). The van der Waals surface area contributed by atoms with Crippen molar-refractivity contribution in [2.75, 3.05) is 0 Å². The summed E-state index contributed by atoms with van der Waals surface area (Å²) < 4.78 is 0. The average molecular weight is 322 g/mol. The summed E-state index contributed by atoms with van der Waals surface area (Å²) in [5.41, 5.74) is 2.49. The summed E-state index contributed by atoms with van der Waals surface area (Å²) >= 11 is 0. The molecule has 0 spiro atoms. The van der Waals surface area contributed by atoms with Crippen LogP contribution in [0, 0.1) is 0 Å². The van der Waals surface area contributed by atoms with Gasteiger partial charge in [-0.3, -0.25) is 14.6 Å². The van der Waals surface area contributed by atoms with Crippen molar-refractivity contribution in [3.8, 4) is 0 Å². The van der Waals surface area contributed by atoms with Gasteiger partial charge in [-0.1, -0.05) is 19.9 Å². The van der Waals surface area contributed by atoms with Gasteiger partial charge in [-0.25, -0.2) is 4.98 Å². The lowest BCUT2D eigenvalue weighted by Gasteiger charge is -2.09. The zero-order valence-corrected chi connectivity index (χ0v) is 13.5. The molecule has 6 heteroatoms. The number of carbonyl (C=O) groups is 1. The number of amides is 1. The van der Waals surface area contributed by atoms with Crippen LogP contribution in [-0.2, 0) is 6.54 Å². The second-order valence-corrected chi connectivity index (χ2v) is 5.90. The van der Waals surface area contributed by atoms with Crippen molar-refractivity contribution in [1.82, 2.24) is 20.3 Å². The van der Waals surface area contributed by atoms with Crippen LogP contribution in [0.5, 0.6) is 0 Å². The molecule has 2 aromatic heterocycles. The number of nitrogens with zero attached hydrogens (tertiary/aromatic N) is 2. The number of hydrogen-bond donors (Lipinski definition) is 2. The lowest BCUT2D eigenvalue weighted by Crippen LogP contribution is -2.27. The molecule has 0 aliphatic rings. The first-order valence-electron chi connectivity index (χ1n) is 7.74. The lowest BCUT2D eigenvalue weighted by molar-refractivity contribution is 0.0945. The normalized spacial score (nSPS) is 11.0. The van der Waals surface area contributed by atoms with Crippen molar-refractivity contribution >= 4 is 16.8 Å². The zero-order valence-electron chi connectivity index (χ0n) is 13.5. The summed E-state index contributed by atoms with van der Waals surface area (Å²) in [6, 6.07) is 7.80. The zero-order chi connectivity index (χ0) is 17.1. The number of benzene rings is 1. The largest absolute Gasteiger partial charge is 0.346 e. The Labute approximate surface area is 139 Å². The van der Waals surface area contributed by atoms with E-state index in [1.54, 1.807) is 0 Å². The second kappa shape index (κ2) is 6.62. The molecule has 24 heavy (non-hydrogen) atoms. The maximum Gasteiger partial charge on any atom is 0.271 e. The monoisotopic (exact) mass is 322 g/mol. The Kier molecular flexibility index (Phi) is 4.37. The van der Waals surface area contributed by atoms with Gasteiger partial charge < -0.3 is 10.3 Å². The van der Waals surface area contributed by atoms with Crippen LogP contribution in [-0.4, -0.2) is 20.9 Å². The van der Waals surface area contributed by atoms with Crippen molar-refractivity contribution in [3.63, 3.8) is 0 Å². The van der Waals surface area contributed by atoms with Crippen LogP contribution in [0.4, 0.5) is 0 Å². The molecule has 6 nitrogen and oxygen atoms in total. The quantitative estimate of drug-likeness (QED) is 0.772. The summed E-state index contributed by atoms with van der Waals surface area (Å²) in [6.45, 7) is 4.37. The van der Waals surface area contributed by atoms with E-state index in [4.69, 9.17) is 0 Å². The molecule has 1 amide bonds. The van der Waals surface area contributed by atoms with Crippen LogP contribution in [0.2, 0.25) is 0 Å². The maximum absolute atomic E-state index is 12.2. The van der Waals surface area contributed by atoms with E-state index in [9.17, 15) is 9.59 Å². The van der Waals surface area contributed by atoms with E-state index in [2.05, 4.69) is 40.2 Å². The van der Waals surface area contributed by atoms with Gasteiger partial charge in [0.25, 0.3) is 11.5 Å². The van der Waals surface area contributed by atoms with E-state index in [0.717, 1.165) is 10.9 Å². The molecule has 2 heterocycles. The summed E-state index contributed by atoms with van der Waals surface area (Å²) in [5, 5.41) is 3.65. The third-order valence-corrected chi connectivity index (χ3v) is 3.85. The fourth-order valence-electron chi connectivity index (χ4n) is 2.44. The minimum atomic E-state index is -0.362. The highest BCUT2D eigenvalue weighted by Gasteiger charge is 2.09. The Morgan fingerprint density at radius 2 is 2.08 bits per heavy atom. The van der Waals surface area contributed by atoms with Crippen LogP contribution >= 0.6 is 0 Å². The molecule has 0 atom stereocenters. The van der Waals surface area contributed by atoms with Gasteiger partial charge in [0.15, 0.2) is 0 Å². The molecule has 0 bridgehead atoms. The number of aromatic amines is 1. The van der Waals surface area contributed by atoms with Crippen molar-refractivity contribution in [2.45, 2.75) is 26.3 Å². The topological polar surface area (TPSA) is 87.7 Å². The van der Waals surface area contributed by atoms with Gasteiger partial charge in [0.1, 0.15) is 5.69 Å². The molecule has 0 fully saturated rings. The minimum Gasteiger partial charge on any atom is -0.346 e. The molecule has 122 valence electrons. The van der Waals surface area contributed by atoms with Gasteiger partial charge in [0.2, 0.25) is 0 Å². The predicted octanol–water partition coefficient (Wildman–Crippen LogP) is 2.37. The highest BCUT2D eigenvalue weighted by Crippen LogP contribution is 2.19. The highest BCUT2D eigenvalue weighted by molar-refractivity contribution is 5.91. The number of aromatic nitrogens is 3. The molecule has 0 aliphatic carbocycles. The van der Waals surface area contributed by atoms with Gasteiger partial charge in [-0.05, 0) is 35.1 Å². The third kappa shape index (κ3) is 3.32. The second-order valence-electron chi connectivity index (χ2n) is 5.90. The summed E-state index contributed by atoms with van der Waals surface area (Å²) in [6.07, 6.45) is 4.33. The van der Waals surface area contributed by atoms with Crippen molar-refractivity contribution in [1.29, 1.82) is 0 Å². The Bertz CT molecular complexity index is 933. The Balaban J connectivity index is 1.85. The lowest BCUT2D eigenvalue weighted by atomic mass is 10.0. The molecule has 1 aromatic carbocycles. The Morgan fingerprint density at radius 3 is 2.79 bits per heavy atom. The number of fused-ring (bicyclic) bond motifs is 1. The third-order valence-electron chi connectivity index (χ3n) is 3.85. The number of pyridine rings is 1. The number of hydrogen-bond acceptors (Lipinski definition) is 4. The van der Waals surface area contributed by atoms with Crippen LogP contribution in [0.25, 0.3) is 10.9 Å². The van der Waals surface area contributed by atoms with Crippen LogP contribution in [0.15, 0.2) is 47.7 Å². The van der Waals surface area contributed by atoms with Crippen molar-refractivity contribution in [3.05, 3.63) is 70.0 Å². The SMILES string of the molecule is CC(C)c1ccc2[nH]c(=O)c(CNC(=O)c3cnccn3)cc2c1. The molecule has 0 saturated heterocycles. The number of carbonyl (C=O) groups excluding carboxylic acids is 1. The Morgan fingerprint density at radius 1 is 1.25 bits per heavy atom. The smallest absolute Gasteiger partial charge is 0.271 e. The number of rotatable bonds is 4. The summed E-state index contributed by atoms with van der Waals surface area (Å²) in [7, 11) is 0. The van der Waals surface area contributed by atoms with Crippen molar-refractivity contribution < 1.29 is 4.79 Å². The highest BCUT2D eigenvalue weighted by atomic mass is 16.2. The van der Waals surface area contributed by atoms with E-state index in [1.165, 1.54) is 24.2 Å².